The lowest BCUT2D eigenvalue weighted by atomic mass is 10.0. The first kappa shape index (κ1) is 14.2. The quantitative estimate of drug-likeness (QED) is 0.543. The lowest BCUT2D eigenvalue weighted by Crippen LogP contribution is -2.48. The van der Waals surface area contributed by atoms with Crippen LogP contribution in [0.15, 0.2) is 30.5 Å². The summed E-state index contributed by atoms with van der Waals surface area (Å²) in [7, 11) is 0. The maximum atomic E-state index is 11.8. The van der Waals surface area contributed by atoms with Gasteiger partial charge in [-0.15, -0.1) is 0 Å². The first-order valence-corrected chi connectivity index (χ1v) is 6.32. The van der Waals surface area contributed by atoms with Crippen molar-refractivity contribution in [3.8, 4) is 0 Å². The summed E-state index contributed by atoms with van der Waals surface area (Å²) in [5, 5.41) is 12.3. The molecule has 5 N–H and O–H groups in total. The van der Waals surface area contributed by atoms with E-state index in [4.69, 9.17) is 10.8 Å². The highest BCUT2D eigenvalue weighted by Gasteiger charge is 2.18. The number of aldehydes is 1. The topological polar surface area (TPSA) is 108 Å². The van der Waals surface area contributed by atoms with Crippen LogP contribution in [0.4, 0.5) is 0 Å². The fraction of sp³-hybridized carbons (Fsp3) is 0.286. The smallest absolute Gasteiger partial charge is 0.237 e. The molecule has 106 valence electrons. The number of hydrogen-bond donors (Lipinski definition) is 4. The summed E-state index contributed by atoms with van der Waals surface area (Å²) in [6.45, 7) is -0.435. The van der Waals surface area contributed by atoms with Crippen molar-refractivity contribution in [2.24, 2.45) is 5.73 Å². The molecule has 0 saturated heterocycles. The third kappa shape index (κ3) is 3.04. The number of H-pyrrole nitrogens is 1. The second-order valence-electron chi connectivity index (χ2n) is 4.60. The van der Waals surface area contributed by atoms with Gasteiger partial charge in [0, 0.05) is 17.1 Å². The molecule has 0 aliphatic carbocycles. The summed E-state index contributed by atoms with van der Waals surface area (Å²) >= 11 is 0. The zero-order valence-corrected chi connectivity index (χ0v) is 10.9. The molecule has 20 heavy (non-hydrogen) atoms. The zero-order chi connectivity index (χ0) is 14.5. The number of aliphatic hydroxyl groups excluding tert-OH is 1. The Bertz CT molecular complexity index is 608. The zero-order valence-electron chi connectivity index (χ0n) is 10.9. The van der Waals surface area contributed by atoms with Gasteiger partial charge in [0.1, 0.15) is 12.3 Å². The van der Waals surface area contributed by atoms with Crippen molar-refractivity contribution >= 4 is 23.1 Å². The predicted octanol–water partition coefficient (Wildman–Crippen LogP) is -0.286. The molecule has 1 amide bonds. The molecule has 1 unspecified atom stereocenters. The molecule has 0 bridgehead atoms. The van der Waals surface area contributed by atoms with E-state index in [1.165, 1.54) is 0 Å². The first-order valence-electron chi connectivity index (χ1n) is 6.32. The molecule has 2 atom stereocenters. The standard InChI is InChI=1S/C14H17N3O3/c15-12(14(20)17-10(7-18)8-19)5-9-6-16-13-4-2-1-3-11(9)13/h1-4,6-7,10,12,16,19H,5,8,15H2,(H,17,20)/t10-,12?/m1/s1. The molecular weight excluding hydrogens is 258 g/mol. The fourth-order valence-corrected chi connectivity index (χ4v) is 2.04. The number of carbonyl (C=O) groups is 2. The van der Waals surface area contributed by atoms with Crippen molar-refractivity contribution in [2.75, 3.05) is 6.61 Å². The second-order valence-corrected chi connectivity index (χ2v) is 4.60. The molecule has 6 nitrogen and oxygen atoms in total. The van der Waals surface area contributed by atoms with E-state index in [9.17, 15) is 9.59 Å². The Hall–Kier alpha value is -2.18. The summed E-state index contributed by atoms with van der Waals surface area (Å²) in [5.74, 6) is -0.457. The number of benzene rings is 1. The van der Waals surface area contributed by atoms with Gasteiger partial charge < -0.3 is 25.9 Å². The van der Waals surface area contributed by atoms with Gasteiger partial charge >= 0.3 is 0 Å². The van der Waals surface area contributed by atoms with Crippen molar-refractivity contribution < 1.29 is 14.7 Å². The van der Waals surface area contributed by atoms with Gasteiger partial charge in [-0.2, -0.15) is 0 Å². The van der Waals surface area contributed by atoms with Crippen LogP contribution in [0.25, 0.3) is 10.9 Å². The molecule has 6 heteroatoms. The lowest BCUT2D eigenvalue weighted by molar-refractivity contribution is -0.125. The Kier molecular flexibility index (Phi) is 4.49. The minimum absolute atomic E-state index is 0.354. The molecule has 0 aliphatic heterocycles. The lowest BCUT2D eigenvalue weighted by Gasteiger charge is -2.14. The highest BCUT2D eigenvalue weighted by Crippen LogP contribution is 2.18. The van der Waals surface area contributed by atoms with E-state index in [1.54, 1.807) is 0 Å². The average Bonchev–Trinajstić information content (AvgIpc) is 2.87. The Morgan fingerprint density at radius 3 is 2.90 bits per heavy atom. The Morgan fingerprint density at radius 1 is 1.45 bits per heavy atom. The monoisotopic (exact) mass is 275 g/mol. The van der Waals surface area contributed by atoms with Crippen molar-refractivity contribution in [1.82, 2.24) is 10.3 Å². The first-order chi connectivity index (χ1) is 9.65. The summed E-state index contributed by atoms with van der Waals surface area (Å²) < 4.78 is 0. The minimum Gasteiger partial charge on any atom is -0.394 e. The van der Waals surface area contributed by atoms with Gasteiger partial charge in [0.2, 0.25) is 5.91 Å². The van der Waals surface area contributed by atoms with E-state index in [1.807, 2.05) is 30.5 Å². The normalized spacial score (nSPS) is 13.9. The molecule has 0 aliphatic rings. The van der Waals surface area contributed by atoms with Gasteiger partial charge in [0.05, 0.1) is 12.6 Å². The van der Waals surface area contributed by atoms with E-state index < -0.39 is 24.6 Å². The molecule has 1 heterocycles. The molecule has 0 saturated carbocycles. The van der Waals surface area contributed by atoms with Gasteiger partial charge in [0.15, 0.2) is 0 Å². The number of nitrogens with one attached hydrogen (secondary N) is 2. The van der Waals surface area contributed by atoms with Crippen LogP contribution in [0.1, 0.15) is 5.56 Å². The third-order valence-corrected chi connectivity index (χ3v) is 3.14. The van der Waals surface area contributed by atoms with Crippen LogP contribution < -0.4 is 11.1 Å². The van der Waals surface area contributed by atoms with Gasteiger partial charge in [-0.05, 0) is 18.1 Å². The number of amides is 1. The van der Waals surface area contributed by atoms with E-state index in [0.717, 1.165) is 16.5 Å². The van der Waals surface area contributed by atoms with E-state index in [2.05, 4.69) is 10.3 Å². The molecular formula is C14H17N3O3. The van der Waals surface area contributed by atoms with Crippen molar-refractivity contribution in [1.29, 1.82) is 0 Å². The van der Waals surface area contributed by atoms with Crippen LogP contribution in [0.3, 0.4) is 0 Å². The maximum Gasteiger partial charge on any atom is 0.237 e. The van der Waals surface area contributed by atoms with Crippen molar-refractivity contribution in [3.63, 3.8) is 0 Å². The van der Waals surface area contributed by atoms with Crippen LogP contribution in [-0.4, -0.2) is 41.0 Å². The van der Waals surface area contributed by atoms with Gasteiger partial charge in [0.25, 0.3) is 0 Å². The highest BCUT2D eigenvalue weighted by atomic mass is 16.3. The number of rotatable bonds is 6. The molecule has 2 rings (SSSR count). The van der Waals surface area contributed by atoms with Crippen LogP contribution in [0, 0.1) is 0 Å². The number of carbonyl (C=O) groups excluding carboxylic acids is 2. The molecule has 0 radical (unpaired) electrons. The average molecular weight is 275 g/mol. The second kappa shape index (κ2) is 6.31. The number of fused-ring (bicyclic) bond motifs is 1. The minimum atomic E-state index is -0.906. The molecule has 2 aromatic rings. The molecule has 1 aromatic carbocycles. The van der Waals surface area contributed by atoms with Crippen LogP contribution in [-0.2, 0) is 16.0 Å². The van der Waals surface area contributed by atoms with Crippen LogP contribution in [0.2, 0.25) is 0 Å². The SMILES string of the molecule is NC(Cc1c[nH]c2ccccc12)C(=O)N[C@H](C=O)CO. The Balaban J connectivity index is 2.05. The molecule has 0 fully saturated rings. The molecule has 0 spiro atoms. The van der Waals surface area contributed by atoms with Crippen molar-refractivity contribution in [2.45, 2.75) is 18.5 Å². The van der Waals surface area contributed by atoms with Gasteiger partial charge in [-0.3, -0.25) is 4.79 Å². The summed E-state index contributed by atoms with van der Waals surface area (Å²) in [6, 6.07) is 6.05. The largest absolute Gasteiger partial charge is 0.394 e. The Labute approximate surface area is 116 Å². The Morgan fingerprint density at radius 2 is 2.20 bits per heavy atom. The number of aliphatic hydroxyl groups is 1. The number of nitrogens with two attached hydrogens (primary N) is 1. The maximum absolute atomic E-state index is 11.8. The summed E-state index contributed by atoms with van der Waals surface area (Å²) in [4.78, 5) is 25.5. The number of aromatic amines is 1. The number of hydrogen-bond acceptors (Lipinski definition) is 4. The molecule has 1 aromatic heterocycles. The predicted molar refractivity (Wildman–Crippen MR) is 75.1 cm³/mol. The number of aromatic nitrogens is 1. The van der Waals surface area contributed by atoms with E-state index >= 15 is 0 Å². The van der Waals surface area contributed by atoms with E-state index in [-0.39, 0.29) is 0 Å². The van der Waals surface area contributed by atoms with E-state index in [0.29, 0.717) is 12.7 Å². The summed E-state index contributed by atoms with van der Waals surface area (Å²) in [5.41, 5.74) is 7.76. The van der Waals surface area contributed by atoms with Gasteiger partial charge in [-0.25, -0.2) is 0 Å². The van der Waals surface area contributed by atoms with Crippen molar-refractivity contribution in [3.05, 3.63) is 36.0 Å². The highest BCUT2D eigenvalue weighted by molar-refractivity contribution is 5.87. The number of para-hydroxylation sites is 1. The van der Waals surface area contributed by atoms with Crippen LogP contribution >= 0.6 is 0 Å². The third-order valence-electron chi connectivity index (χ3n) is 3.14. The van der Waals surface area contributed by atoms with Gasteiger partial charge in [-0.1, -0.05) is 18.2 Å². The van der Waals surface area contributed by atoms with Crippen LogP contribution in [0.5, 0.6) is 0 Å². The summed E-state index contributed by atoms with van der Waals surface area (Å²) in [6.07, 6.45) is 2.66. The fourth-order valence-electron chi connectivity index (χ4n) is 2.04.